The highest BCUT2D eigenvalue weighted by molar-refractivity contribution is 9.11. The zero-order chi connectivity index (χ0) is 24.2. The molecule has 0 fully saturated rings. The Hall–Kier alpha value is -2.94. The van der Waals surface area contributed by atoms with Gasteiger partial charge < -0.3 is 14.8 Å². The van der Waals surface area contributed by atoms with Crippen molar-refractivity contribution in [2.75, 3.05) is 5.32 Å². The summed E-state index contributed by atoms with van der Waals surface area (Å²) in [6, 6.07) is 18.0. The maximum absolute atomic E-state index is 12.4. The van der Waals surface area contributed by atoms with Crippen molar-refractivity contribution < 1.29 is 19.1 Å². The predicted octanol–water partition coefficient (Wildman–Crippen LogP) is 6.75. The van der Waals surface area contributed by atoms with Crippen molar-refractivity contribution in [3.8, 4) is 5.75 Å². The molecule has 0 spiro atoms. The number of amides is 1. The zero-order valence-electron chi connectivity index (χ0n) is 17.8. The van der Waals surface area contributed by atoms with Crippen LogP contribution in [0.5, 0.6) is 5.75 Å². The number of hydrogen-bond acceptors (Lipinski definition) is 5. The minimum Gasteiger partial charge on any atom is -0.487 e. The second-order valence-corrected chi connectivity index (χ2v) is 9.47. The molecule has 34 heavy (non-hydrogen) atoms. The molecule has 0 saturated carbocycles. The lowest BCUT2D eigenvalue weighted by Crippen LogP contribution is -2.07. The molecule has 1 heterocycles. The Bertz CT molecular complexity index is 1310. The van der Waals surface area contributed by atoms with Crippen LogP contribution in [0, 0.1) is 0 Å². The van der Waals surface area contributed by atoms with E-state index in [0.29, 0.717) is 37.6 Å². The van der Waals surface area contributed by atoms with E-state index in [1.54, 1.807) is 30.3 Å². The third-order valence-electron chi connectivity index (χ3n) is 4.67. The van der Waals surface area contributed by atoms with Crippen molar-refractivity contribution in [1.82, 2.24) is 0 Å². The fourth-order valence-electron chi connectivity index (χ4n) is 3.17. The molecule has 0 saturated heterocycles. The summed E-state index contributed by atoms with van der Waals surface area (Å²) >= 11 is 13.1. The van der Waals surface area contributed by atoms with Crippen molar-refractivity contribution in [2.24, 2.45) is 4.99 Å². The number of benzene rings is 3. The number of ether oxygens (including phenoxy) is 2. The maximum atomic E-state index is 12.4. The topological polar surface area (TPSA) is 77.0 Å². The van der Waals surface area contributed by atoms with Crippen LogP contribution in [-0.2, 0) is 20.9 Å². The Morgan fingerprint density at radius 3 is 2.47 bits per heavy atom. The molecule has 172 valence electrons. The first-order valence-electron chi connectivity index (χ1n) is 10.1. The summed E-state index contributed by atoms with van der Waals surface area (Å²) in [6.07, 6.45) is 1.64. The van der Waals surface area contributed by atoms with Crippen molar-refractivity contribution in [3.63, 3.8) is 0 Å². The summed E-state index contributed by atoms with van der Waals surface area (Å²) in [7, 11) is 0. The Labute approximate surface area is 217 Å². The normalized spacial score (nSPS) is 14.1. The molecule has 3 aromatic carbocycles. The van der Waals surface area contributed by atoms with Crippen LogP contribution in [0.1, 0.15) is 23.6 Å². The quantitative estimate of drug-likeness (QED) is 0.250. The second-order valence-electron chi connectivity index (χ2n) is 7.33. The summed E-state index contributed by atoms with van der Waals surface area (Å²) in [5.74, 6) is 0.111. The Kier molecular flexibility index (Phi) is 7.50. The van der Waals surface area contributed by atoms with Crippen LogP contribution in [0.3, 0.4) is 0 Å². The van der Waals surface area contributed by atoms with E-state index < -0.39 is 5.97 Å². The van der Waals surface area contributed by atoms with Gasteiger partial charge in [0.1, 0.15) is 12.4 Å². The van der Waals surface area contributed by atoms with Crippen LogP contribution >= 0.6 is 43.5 Å². The molecular weight excluding hydrogens is 588 g/mol. The van der Waals surface area contributed by atoms with E-state index in [0.717, 1.165) is 11.1 Å². The van der Waals surface area contributed by atoms with Gasteiger partial charge in [-0.05, 0) is 97.6 Å². The van der Waals surface area contributed by atoms with Gasteiger partial charge in [-0.2, -0.15) is 0 Å². The molecule has 9 heteroatoms. The van der Waals surface area contributed by atoms with Gasteiger partial charge in [-0.3, -0.25) is 4.79 Å². The molecule has 1 amide bonds. The molecule has 0 atom stereocenters. The van der Waals surface area contributed by atoms with Crippen LogP contribution < -0.4 is 10.1 Å². The Balaban J connectivity index is 1.52. The highest BCUT2D eigenvalue weighted by atomic mass is 79.9. The zero-order valence-corrected chi connectivity index (χ0v) is 21.7. The van der Waals surface area contributed by atoms with Crippen LogP contribution in [0.4, 0.5) is 5.69 Å². The number of esters is 1. The lowest BCUT2D eigenvalue weighted by molar-refractivity contribution is -0.129. The fourth-order valence-corrected chi connectivity index (χ4v) is 4.84. The molecule has 1 N–H and O–H groups in total. The van der Waals surface area contributed by atoms with Gasteiger partial charge >= 0.3 is 5.97 Å². The van der Waals surface area contributed by atoms with Crippen LogP contribution in [-0.4, -0.2) is 17.8 Å². The molecular formula is C25H17Br2ClN2O4. The van der Waals surface area contributed by atoms with E-state index in [1.165, 1.54) is 6.92 Å². The smallest absolute Gasteiger partial charge is 0.363 e. The average Bonchev–Trinajstić information content (AvgIpc) is 3.13. The molecule has 0 aliphatic carbocycles. The van der Waals surface area contributed by atoms with Crippen molar-refractivity contribution in [1.29, 1.82) is 0 Å². The number of halogens is 3. The average molecular weight is 605 g/mol. The third kappa shape index (κ3) is 5.94. The van der Waals surface area contributed by atoms with Gasteiger partial charge in [-0.25, -0.2) is 9.79 Å². The SMILES string of the molecule is CC(=O)Nc1ccc(C2=N/C(=C\c3cc(Br)c(OCc4cccc(Cl)c4)c(Br)c3)C(=O)O2)cc1. The van der Waals surface area contributed by atoms with Gasteiger partial charge in [0.15, 0.2) is 5.70 Å². The van der Waals surface area contributed by atoms with E-state index >= 15 is 0 Å². The molecule has 0 bridgehead atoms. The highest BCUT2D eigenvalue weighted by Crippen LogP contribution is 2.36. The lowest BCUT2D eigenvalue weighted by Gasteiger charge is -2.11. The molecule has 6 nitrogen and oxygen atoms in total. The summed E-state index contributed by atoms with van der Waals surface area (Å²) in [5.41, 5.74) is 3.11. The summed E-state index contributed by atoms with van der Waals surface area (Å²) < 4.78 is 12.7. The van der Waals surface area contributed by atoms with Gasteiger partial charge in [-0.15, -0.1) is 0 Å². The van der Waals surface area contributed by atoms with E-state index in [9.17, 15) is 9.59 Å². The van der Waals surface area contributed by atoms with Gasteiger partial charge in [0, 0.05) is 23.2 Å². The van der Waals surface area contributed by atoms with Crippen LogP contribution in [0.25, 0.3) is 6.08 Å². The first-order chi connectivity index (χ1) is 16.3. The summed E-state index contributed by atoms with van der Waals surface area (Å²) in [4.78, 5) is 27.9. The molecule has 3 aromatic rings. The van der Waals surface area contributed by atoms with Gasteiger partial charge in [-0.1, -0.05) is 23.7 Å². The van der Waals surface area contributed by atoms with E-state index in [4.69, 9.17) is 21.1 Å². The van der Waals surface area contributed by atoms with Crippen molar-refractivity contribution in [3.05, 3.63) is 97.0 Å². The standard InChI is InChI=1S/C25H17Br2ClN2O4/c1-14(31)29-19-7-5-17(6-8-19)24-30-22(25(32)34-24)12-16-10-20(26)23(21(27)11-16)33-13-15-3-2-4-18(28)9-15/h2-12H,13H2,1H3,(H,29,31)/b22-12-. The Morgan fingerprint density at radius 1 is 1.12 bits per heavy atom. The predicted molar refractivity (Wildman–Crippen MR) is 139 cm³/mol. The van der Waals surface area contributed by atoms with Crippen LogP contribution in [0.15, 0.2) is 80.3 Å². The minimum absolute atomic E-state index is 0.166. The number of rotatable bonds is 6. The van der Waals surface area contributed by atoms with Gasteiger partial charge in [0.25, 0.3) is 0 Å². The molecule has 4 rings (SSSR count). The number of nitrogens with zero attached hydrogens (tertiary/aromatic N) is 1. The van der Waals surface area contributed by atoms with Gasteiger partial charge in [0.2, 0.25) is 11.8 Å². The number of hydrogen-bond donors (Lipinski definition) is 1. The molecule has 1 aliphatic rings. The number of carbonyl (C=O) groups excluding carboxylic acids is 2. The first-order valence-corrected chi connectivity index (χ1v) is 12.0. The number of cyclic esters (lactones) is 1. The summed E-state index contributed by atoms with van der Waals surface area (Å²) in [5, 5.41) is 3.33. The first kappa shape index (κ1) is 24.2. The molecule has 0 aromatic heterocycles. The second kappa shape index (κ2) is 10.5. The Morgan fingerprint density at radius 2 is 1.82 bits per heavy atom. The molecule has 1 aliphatic heterocycles. The largest absolute Gasteiger partial charge is 0.487 e. The number of carbonyl (C=O) groups is 2. The number of anilines is 1. The molecule has 0 unspecified atom stereocenters. The summed E-state index contributed by atoms with van der Waals surface area (Å²) in [6.45, 7) is 1.78. The fraction of sp³-hybridized carbons (Fsp3) is 0.0800. The van der Waals surface area contributed by atoms with E-state index in [-0.39, 0.29) is 17.5 Å². The number of nitrogens with one attached hydrogen (secondary N) is 1. The van der Waals surface area contributed by atoms with E-state index in [2.05, 4.69) is 42.2 Å². The van der Waals surface area contributed by atoms with Crippen molar-refractivity contribution in [2.45, 2.75) is 13.5 Å². The van der Waals surface area contributed by atoms with Crippen LogP contribution in [0.2, 0.25) is 5.02 Å². The van der Waals surface area contributed by atoms with Crippen molar-refractivity contribution >= 4 is 73.0 Å². The number of aliphatic imine (C=N–C) groups is 1. The van der Waals surface area contributed by atoms with Gasteiger partial charge in [0.05, 0.1) is 8.95 Å². The minimum atomic E-state index is -0.547. The molecule has 0 radical (unpaired) electrons. The monoisotopic (exact) mass is 602 g/mol. The van der Waals surface area contributed by atoms with E-state index in [1.807, 2.05) is 36.4 Å². The third-order valence-corrected chi connectivity index (χ3v) is 6.08. The highest BCUT2D eigenvalue weighted by Gasteiger charge is 2.24. The lowest BCUT2D eigenvalue weighted by atomic mass is 10.2. The maximum Gasteiger partial charge on any atom is 0.363 e.